The maximum atomic E-state index is 10.6. The Morgan fingerprint density at radius 1 is 1.40 bits per heavy atom. The summed E-state index contributed by atoms with van der Waals surface area (Å²) in [6, 6.07) is 6.90. The van der Waals surface area contributed by atoms with Gasteiger partial charge in [0.15, 0.2) is 0 Å². The normalized spacial score (nSPS) is 10.5. The molecule has 0 spiro atoms. The van der Waals surface area contributed by atoms with E-state index in [0.717, 1.165) is 12.1 Å². The lowest BCUT2D eigenvalue weighted by Gasteiger charge is -2.01. The Balaban J connectivity index is 2.60. The zero-order valence-electron chi connectivity index (χ0n) is 8.66. The Hall–Kier alpha value is -1.81. The van der Waals surface area contributed by atoms with Crippen molar-refractivity contribution < 1.29 is 4.79 Å². The van der Waals surface area contributed by atoms with Crippen molar-refractivity contribution in [3.63, 3.8) is 0 Å². The maximum Gasteiger partial charge on any atom is 0.316 e. The van der Waals surface area contributed by atoms with Crippen molar-refractivity contribution in [2.45, 2.75) is 0 Å². The maximum absolute atomic E-state index is 10.6. The molecule has 0 bridgehead atoms. The molecule has 0 aliphatic carbocycles. The van der Waals surface area contributed by atoms with Crippen LogP contribution in [0.2, 0.25) is 0 Å². The Bertz CT molecular complexity index is 343. The lowest BCUT2D eigenvalue weighted by atomic mass is 10.2. The van der Waals surface area contributed by atoms with Gasteiger partial charge in [0, 0.05) is 12.2 Å². The number of rotatable bonds is 4. The third-order valence-corrected chi connectivity index (χ3v) is 1.81. The number of amides is 2. The van der Waals surface area contributed by atoms with E-state index in [0.29, 0.717) is 5.69 Å². The number of benzene rings is 1. The van der Waals surface area contributed by atoms with Gasteiger partial charge >= 0.3 is 6.03 Å². The van der Waals surface area contributed by atoms with Crippen LogP contribution in [0.3, 0.4) is 0 Å². The molecule has 1 aromatic rings. The molecule has 0 unspecified atom stereocenters. The van der Waals surface area contributed by atoms with Gasteiger partial charge in [0.2, 0.25) is 0 Å². The number of hydrogen-bond acceptors (Lipinski definition) is 2. The topological polar surface area (TPSA) is 67.2 Å². The minimum atomic E-state index is -0.548. The predicted octanol–water partition coefficient (Wildman–Crippen LogP) is 1.41. The van der Waals surface area contributed by atoms with E-state index in [-0.39, 0.29) is 0 Å². The monoisotopic (exact) mass is 205 g/mol. The first-order valence-corrected chi connectivity index (χ1v) is 4.70. The van der Waals surface area contributed by atoms with E-state index in [1.54, 1.807) is 0 Å². The molecule has 2 amide bonds. The Morgan fingerprint density at radius 3 is 2.60 bits per heavy atom. The van der Waals surface area contributed by atoms with Crippen molar-refractivity contribution in [1.82, 2.24) is 5.32 Å². The third-order valence-electron chi connectivity index (χ3n) is 1.81. The summed E-state index contributed by atoms with van der Waals surface area (Å²) in [6.07, 6.45) is 4.03. The Morgan fingerprint density at radius 2 is 2.07 bits per heavy atom. The van der Waals surface area contributed by atoms with Crippen LogP contribution >= 0.6 is 0 Å². The number of anilines is 1. The van der Waals surface area contributed by atoms with Gasteiger partial charge in [-0.25, -0.2) is 4.79 Å². The molecule has 0 radical (unpaired) electrons. The van der Waals surface area contributed by atoms with Crippen LogP contribution < -0.4 is 16.4 Å². The number of likely N-dealkylation sites (N-methyl/N-ethyl adjacent to an activating group) is 1. The number of hydrogen-bond donors (Lipinski definition) is 3. The predicted molar refractivity (Wildman–Crippen MR) is 62.6 cm³/mol. The molecule has 0 heterocycles. The molecule has 0 saturated heterocycles. The van der Waals surface area contributed by atoms with Gasteiger partial charge in [0.05, 0.1) is 0 Å². The lowest BCUT2D eigenvalue weighted by molar-refractivity contribution is 0.259. The highest BCUT2D eigenvalue weighted by Crippen LogP contribution is 2.10. The van der Waals surface area contributed by atoms with E-state index in [4.69, 9.17) is 5.73 Å². The van der Waals surface area contributed by atoms with Gasteiger partial charge in [-0.1, -0.05) is 24.3 Å². The molecule has 4 heteroatoms. The van der Waals surface area contributed by atoms with Crippen molar-refractivity contribution in [1.29, 1.82) is 0 Å². The number of carbonyl (C=O) groups excluding carboxylic acids is 1. The van der Waals surface area contributed by atoms with Crippen molar-refractivity contribution >= 4 is 17.8 Å². The summed E-state index contributed by atoms with van der Waals surface area (Å²) < 4.78 is 0. The number of urea groups is 1. The van der Waals surface area contributed by atoms with E-state index < -0.39 is 6.03 Å². The minimum Gasteiger partial charge on any atom is -0.351 e. The molecule has 1 aromatic carbocycles. The van der Waals surface area contributed by atoms with Gasteiger partial charge in [-0.2, -0.15) is 0 Å². The van der Waals surface area contributed by atoms with Crippen molar-refractivity contribution in [3.05, 3.63) is 35.9 Å². The van der Waals surface area contributed by atoms with Crippen LogP contribution in [-0.2, 0) is 0 Å². The van der Waals surface area contributed by atoms with Crippen LogP contribution in [0.25, 0.3) is 6.08 Å². The largest absolute Gasteiger partial charge is 0.351 e. The van der Waals surface area contributed by atoms with Crippen LogP contribution in [0.4, 0.5) is 10.5 Å². The average molecular weight is 205 g/mol. The molecule has 1 rings (SSSR count). The molecule has 80 valence electrons. The highest BCUT2D eigenvalue weighted by molar-refractivity contribution is 5.87. The number of carbonyl (C=O) groups is 1. The molecule has 0 aromatic heterocycles. The zero-order chi connectivity index (χ0) is 11.1. The van der Waals surface area contributed by atoms with E-state index in [9.17, 15) is 4.79 Å². The summed E-state index contributed by atoms with van der Waals surface area (Å²) in [5, 5.41) is 5.52. The molecule has 4 N–H and O–H groups in total. The van der Waals surface area contributed by atoms with Crippen LogP contribution in [0.1, 0.15) is 5.56 Å². The van der Waals surface area contributed by atoms with Crippen LogP contribution in [0, 0.1) is 0 Å². The van der Waals surface area contributed by atoms with Gasteiger partial charge in [0.25, 0.3) is 0 Å². The first-order valence-electron chi connectivity index (χ1n) is 4.70. The average Bonchev–Trinajstić information content (AvgIpc) is 2.20. The summed E-state index contributed by atoms with van der Waals surface area (Å²) >= 11 is 0. The van der Waals surface area contributed by atoms with Crippen molar-refractivity contribution in [2.24, 2.45) is 5.73 Å². The second-order valence-corrected chi connectivity index (χ2v) is 3.07. The first kappa shape index (κ1) is 11.3. The van der Waals surface area contributed by atoms with Crippen LogP contribution in [0.15, 0.2) is 30.3 Å². The fourth-order valence-corrected chi connectivity index (χ4v) is 1.13. The molecular formula is C11H15N3O. The lowest BCUT2D eigenvalue weighted by Crippen LogP contribution is -2.19. The van der Waals surface area contributed by atoms with Crippen molar-refractivity contribution in [2.75, 3.05) is 18.9 Å². The molecule has 0 saturated carbocycles. The molecule has 4 nitrogen and oxygen atoms in total. The molecule has 0 aliphatic heterocycles. The van der Waals surface area contributed by atoms with Gasteiger partial charge in [-0.15, -0.1) is 0 Å². The third kappa shape index (κ3) is 4.28. The minimum absolute atomic E-state index is 0.548. The van der Waals surface area contributed by atoms with Crippen LogP contribution in [-0.4, -0.2) is 19.6 Å². The highest BCUT2D eigenvalue weighted by atomic mass is 16.2. The summed E-state index contributed by atoms with van der Waals surface area (Å²) in [7, 11) is 1.89. The van der Waals surface area contributed by atoms with Gasteiger partial charge in [-0.3, -0.25) is 0 Å². The second kappa shape index (κ2) is 5.82. The number of nitrogens with two attached hydrogens (primary N) is 1. The van der Waals surface area contributed by atoms with Gasteiger partial charge < -0.3 is 16.4 Å². The van der Waals surface area contributed by atoms with E-state index in [2.05, 4.69) is 10.6 Å². The highest BCUT2D eigenvalue weighted by Gasteiger charge is 1.94. The van der Waals surface area contributed by atoms with Gasteiger partial charge in [-0.05, 0) is 24.7 Å². The van der Waals surface area contributed by atoms with E-state index in [1.165, 1.54) is 0 Å². The van der Waals surface area contributed by atoms with E-state index >= 15 is 0 Å². The summed E-state index contributed by atoms with van der Waals surface area (Å²) in [5.41, 5.74) is 6.77. The number of primary amides is 1. The summed E-state index contributed by atoms with van der Waals surface area (Å²) in [6.45, 7) is 0.835. The Labute approximate surface area is 89.2 Å². The molecule has 0 fully saturated rings. The fourth-order valence-electron chi connectivity index (χ4n) is 1.13. The van der Waals surface area contributed by atoms with Crippen LogP contribution in [0.5, 0.6) is 0 Å². The SMILES string of the molecule is CNCC=Cc1ccc(NC(N)=O)cc1. The van der Waals surface area contributed by atoms with Crippen molar-refractivity contribution in [3.8, 4) is 0 Å². The molecule has 15 heavy (non-hydrogen) atoms. The first-order chi connectivity index (χ1) is 7.22. The van der Waals surface area contributed by atoms with Gasteiger partial charge in [0.1, 0.15) is 0 Å². The summed E-state index contributed by atoms with van der Waals surface area (Å²) in [4.78, 5) is 10.6. The Kier molecular flexibility index (Phi) is 4.37. The smallest absolute Gasteiger partial charge is 0.316 e. The fraction of sp³-hybridized carbons (Fsp3) is 0.182. The second-order valence-electron chi connectivity index (χ2n) is 3.07. The molecule has 0 atom stereocenters. The molecule has 0 aliphatic rings. The quantitative estimate of drug-likeness (QED) is 0.695. The number of nitrogens with one attached hydrogen (secondary N) is 2. The van der Waals surface area contributed by atoms with E-state index in [1.807, 2.05) is 43.5 Å². The molecular weight excluding hydrogens is 190 g/mol. The summed E-state index contributed by atoms with van der Waals surface area (Å²) in [5.74, 6) is 0. The standard InChI is InChI=1S/C11H15N3O/c1-13-8-2-3-9-4-6-10(7-5-9)14-11(12)15/h2-7,13H,8H2,1H3,(H3,12,14,15). The zero-order valence-corrected chi connectivity index (χ0v) is 8.66.